The van der Waals surface area contributed by atoms with Gasteiger partial charge in [0.2, 0.25) is 0 Å². The average molecular weight is 282 g/mol. The highest BCUT2D eigenvalue weighted by Gasteiger charge is 2.17. The molecule has 0 amide bonds. The van der Waals surface area contributed by atoms with Crippen LogP contribution in [0.4, 0.5) is 15.8 Å². The van der Waals surface area contributed by atoms with Crippen LogP contribution < -0.4 is 5.73 Å². The molecule has 0 saturated heterocycles. The summed E-state index contributed by atoms with van der Waals surface area (Å²) >= 11 is 0.836. The van der Waals surface area contributed by atoms with Gasteiger partial charge in [0.05, 0.1) is 16.7 Å². The fourth-order valence-electron chi connectivity index (χ4n) is 1.54. The molecule has 0 bridgehead atoms. The fourth-order valence-corrected chi connectivity index (χ4v) is 2.44. The number of nitrogens with two attached hydrogens (primary N) is 1. The highest BCUT2D eigenvalue weighted by atomic mass is 32.1. The molecule has 0 radical (unpaired) electrons. The van der Waals surface area contributed by atoms with Crippen molar-refractivity contribution in [2.24, 2.45) is 0 Å². The van der Waals surface area contributed by atoms with Crippen molar-refractivity contribution in [1.82, 2.24) is 0 Å². The number of rotatable bonds is 3. The molecule has 0 aliphatic rings. The largest absolute Gasteiger partial charge is 0.477 e. The Morgan fingerprint density at radius 3 is 2.58 bits per heavy atom. The number of halogens is 1. The number of thiophene rings is 1. The van der Waals surface area contributed by atoms with Gasteiger partial charge >= 0.3 is 5.97 Å². The second-order valence-corrected chi connectivity index (χ2v) is 4.71. The molecule has 0 fully saturated rings. The Bertz CT molecular complexity index is 683. The lowest BCUT2D eigenvalue weighted by Gasteiger charge is -1.98. The van der Waals surface area contributed by atoms with Crippen LogP contribution in [0.3, 0.4) is 0 Å². The molecule has 1 heterocycles. The number of carboxylic acid groups (broad SMARTS) is 1. The first-order chi connectivity index (χ1) is 8.88. The Morgan fingerprint density at radius 2 is 2.05 bits per heavy atom. The number of anilines is 1. The van der Waals surface area contributed by atoms with Crippen LogP contribution in [0.5, 0.6) is 0 Å². The molecule has 6 nitrogen and oxygen atoms in total. The molecule has 0 spiro atoms. The zero-order valence-corrected chi connectivity index (χ0v) is 10.1. The minimum Gasteiger partial charge on any atom is -0.477 e. The van der Waals surface area contributed by atoms with Gasteiger partial charge in [-0.05, 0) is 12.1 Å². The maximum atomic E-state index is 13.3. The van der Waals surface area contributed by atoms with Crippen LogP contribution in [-0.4, -0.2) is 16.0 Å². The lowest BCUT2D eigenvalue weighted by molar-refractivity contribution is -0.385. The lowest BCUT2D eigenvalue weighted by Crippen LogP contribution is -1.96. The first-order valence-electron chi connectivity index (χ1n) is 4.96. The van der Waals surface area contributed by atoms with Gasteiger partial charge in [0, 0.05) is 16.5 Å². The van der Waals surface area contributed by atoms with E-state index in [9.17, 15) is 19.3 Å². The van der Waals surface area contributed by atoms with Crippen molar-refractivity contribution in [2.45, 2.75) is 0 Å². The summed E-state index contributed by atoms with van der Waals surface area (Å²) in [6.45, 7) is 0. The van der Waals surface area contributed by atoms with Crippen molar-refractivity contribution >= 4 is 28.7 Å². The minimum atomic E-state index is -1.19. The predicted molar refractivity (Wildman–Crippen MR) is 67.7 cm³/mol. The smallest absolute Gasteiger partial charge is 0.348 e. The molecule has 0 atom stereocenters. The topological polar surface area (TPSA) is 106 Å². The van der Waals surface area contributed by atoms with Crippen molar-refractivity contribution in [1.29, 1.82) is 0 Å². The van der Waals surface area contributed by atoms with Gasteiger partial charge in [-0.25, -0.2) is 9.18 Å². The number of benzene rings is 1. The van der Waals surface area contributed by atoms with Crippen molar-refractivity contribution in [3.05, 3.63) is 45.1 Å². The van der Waals surface area contributed by atoms with E-state index in [1.165, 1.54) is 12.1 Å². The molecule has 98 valence electrons. The fraction of sp³-hybridized carbons (Fsp3) is 0. The van der Waals surface area contributed by atoms with Crippen molar-refractivity contribution < 1.29 is 19.2 Å². The summed E-state index contributed by atoms with van der Waals surface area (Å²) in [6, 6.07) is 4.40. The van der Waals surface area contributed by atoms with E-state index in [1.54, 1.807) is 0 Å². The Labute approximate surface area is 110 Å². The summed E-state index contributed by atoms with van der Waals surface area (Å²) in [5.74, 6) is -1.97. The minimum absolute atomic E-state index is 0.0411. The predicted octanol–water partition coefficient (Wildman–Crippen LogP) is 2.74. The first kappa shape index (κ1) is 13.0. The van der Waals surface area contributed by atoms with Crippen LogP contribution in [0.15, 0.2) is 24.3 Å². The third-order valence-electron chi connectivity index (χ3n) is 2.33. The van der Waals surface area contributed by atoms with Gasteiger partial charge in [0.25, 0.3) is 5.69 Å². The maximum absolute atomic E-state index is 13.3. The molecule has 0 aliphatic carbocycles. The summed E-state index contributed by atoms with van der Waals surface area (Å²) in [7, 11) is 0. The molecule has 0 saturated carbocycles. The Hall–Kier alpha value is -2.48. The van der Waals surface area contributed by atoms with Crippen LogP contribution in [0.25, 0.3) is 10.4 Å². The Kier molecular flexibility index (Phi) is 3.17. The first-order valence-corrected chi connectivity index (χ1v) is 5.78. The van der Waals surface area contributed by atoms with Crippen LogP contribution in [0.1, 0.15) is 9.67 Å². The molecule has 1 aromatic heterocycles. The summed E-state index contributed by atoms with van der Waals surface area (Å²) < 4.78 is 13.3. The number of aromatic carboxylic acids is 1. The number of nitrogen functional groups attached to an aromatic ring is 1. The Morgan fingerprint density at radius 1 is 1.37 bits per heavy atom. The molecule has 1 aromatic carbocycles. The number of hydrogen-bond acceptors (Lipinski definition) is 5. The molecule has 0 unspecified atom stereocenters. The molecule has 0 aliphatic heterocycles. The van der Waals surface area contributed by atoms with Crippen molar-refractivity contribution in [2.75, 3.05) is 5.73 Å². The van der Waals surface area contributed by atoms with Crippen LogP contribution in [0, 0.1) is 15.9 Å². The van der Waals surface area contributed by atoms with E-state index in [-0.39, 0.29) is 16.1 Å². The normalized spacial score (nSPS) is 10.4. The van der Waals surface area contributed by atoms with E-state index in [0.717, 1.165) is 23.5 Å². The number of nitro benzene ring substituents is 1. The quantitative estimate of drug-likeness (QED) is 0.665. The molecule has 2 aromatic rings. The van der Waals surface area contributed by atoms with E-state index >= 15 is 0 Å². The van der Waals surface area contributed by atoms with E-state index < -0.39 is 22.4 Å². The van der Waals surface area contributed by atoms with Gasteiger partial charge in [0.15, 0.2) is 0 Å². The third-order valence-corrected chi connectivity index (χ3v) is 3.52. The van der Waals surface area contributed by atoms with E-state index in [1.807, 2.05) is 0 Å². The molecule has 3 N–H and O–H groups in total. The number of non-ortho nitro benzene ring substituents is 1. The van der Waals surface area contributed by atoms with E-state index in [0.29, 0.717) is 4.88 Å². The number of hydrogen-bond donors (Lipinski definition) is 2. The Balaban J connectivity index is 2.55. The van der Waals surface area contributed by atoms with Crippen LogP contribution in [-0.2, 0) is 0 Å². The van der Waals surface area contributed by atoms with Gasteiger partial charge < -0.3 is 10.8 Å². The van der Waals surface area contributed by atoms with E-state index in [4.69, 9.17) is 10.8 Å². The molecule has 19 heavy (non-hydrogen) atoms. The standard InChI is InChI=1S/C11H7FN2O4S/c12-6-1-5(2-7(3-6)14(17)18)9-4-8(13)10(19-9)11(15)16/h1-4H,13H2,(H,15,16). The molecular weight excluding hydrogens is 275 g/mol. The van der Waals surface area contributed by atoms with E-state index in [2.05, 4.69) is 0 Å². The summed E-state index contributed by atoms with van der Waals surface area (Å²) in [5.41, 5.74) is 5.37. The monoisotopic (exact) mass is 282 g/mol. The average Bonchev–Trinajstić information content (AvgIpc) is 2.70. The number of carbonyl (C=O) groups is 1. The lowest BCUT2D eigenvalue weighted by atomic mass is 10.1. The highest BCUT2D eigenvalue weighted by Crippen LogP contribution is 2.35. The summed E-state index contributed by atoms with van der Waals surface area (Å²) in [6.07, 6.45) is 0. The van der Waals surface area contributed by atoms with Crippen molar-refractivity contribution in [3.8, 4) is 10.4 Å². The second-order valence-electron chi connectivity index (χ2n) is 3.66. The van der Waals surface area contributed by atoms with Gasteiger partial charge in [-0.1, -0.05) is 0 Å². The zero-order valence-electron chi connectivity index (χ0n) is 9.29. The maximum Gasteiger partial charge on any atom is 0.348 e. The third kappa shape index (κ3) is 2.52. The summed E-state index contributed by atoms with van der Waals surface area (Å²) in [4.78, 5) is 21.1. The molecule has 2 rings (SSSR count). The van der Waals surface area contributed by atoms with Gasteiger partial charge in [0.1, 0.15) is 10.7 Å². The van der Waals surface area contributed by atoms with Crippen LogP contribution >= 0.6 is 11.3 Å². The number of nitrogens with zero attached hydrogens (tertiary/aromatic N) is 1. The highest BCUT2D eigenvalue weighted by molar-refractivity contribution is 7.17. The molecular formula is C11H7FN2O4S. The van der Waals surface area contributed by atoms with Gasteiger partial charge in [-0.3, -0.25) is 10.1 Å². The number of carboxylic acids is 1. The van der Waals surface area contributed by atoms with Crippen molar-refractivity contribution in [3.63, 3.8) is 0 Å². The molecule has 8 heteroatoms. The second kappa shape index (κ2) is 4.65. The van der Waals surface area contributed by atoms with Gasteiger partial charge in [-0.2, -0.15) is 0 Å². The SMILES string of the molecule is Nc1cc(-c2cc(F)cc([N+](=O)[O-])c2)sc1C(=O)O. The summed E-state index contributed by atoms with van der Waals surface area (Å²) in [5, 5.41) is 19.5. The zero-order chi connectivity index (χ0) is 14.2. The number of nitro groups is 1. The van der Waals surface area contributed by atoms with Gasteiger partial charge in [-0.15, -0.1) is 11.3 Å². The van der Waals surface area contributed by atoms with Crippen LogP contribution in [0.2, 0.25) is 0 Å².